The van der Waals surface area contributed by atoms with Crippen molar-refractivity contribution in [3.63, 3.8) is 0 Å². The lowest BCUT2D eigenvalue weighted by molar-refractivity contribution is -0.122. The molecule has 1 aliphatic heterocycles. The second-order valence-electron chi connectivity index (χ2n) is 8.27. The van der Waals surface area contributed by atoms with E-state index in [0.29, 0.717) is 15.6 Å². The summed E-state index contributed by atoms with van der Waals surface area (Å²) in [7, 11) is -3.94. The number of rotatable bonds is 5. The van der Waals surface area contributed by atoms with E-state index in [4.69, 9.17) is 0 Å². The highest BCUT2D eigenvalue weighted by Crippen LogP contribution is 2.40. The third-order valence-electron chi connectivity index (χ3n) is 6.31. The molecule has 0 radical (unpaired) electrons. The molecule has 1 fully saturated rings. The van der Waals surface area contributed by atoms with Gasteiger partial charge in [0.1, 0.15) is 11.4 Å². The first kappa shape index (κ1) is 19.9. The molecule has 1 N–H and O–H groups in total. The molecule has 0 atom stereocenters. The predicted octanol–water partition coefficient (Wildman–Crippen LogP) is 2.94. The van der Waals surface area contributed by atoms with Crippen molar-refractivity contribution in [3.05, 3.63) is 29.8 Å². The highest BCUT2D eigenvalue weighted by molar-refractivity contribution is 7.90. The zero-order valence-corrected chi connectivity index (χ0v) is 17.0. The Morgan fingerprint density at radius 3 is 2.41 bits per heavy atom. The quantitative estimate of drug-likeness (QED) is 0.835. The van der Waals surface area contributed by atoms with E-state index in [-0.39, 0.29) is 16.5 Å². The van der Waals surface area contributed by atoms with Gasteiger partial charge in [-0.15, -0.1) is 0 Å². The number of hydrogen-bond donors (Lipinski definition) is 1. The fraction of sp³-hybridized carbons (Fsp3) is 0.600. The van der Waals surface area contributed by atoms with Gasteiger partial charge in [-0.2, -0.15) is 0 Å². The van der Waals surface area contributed by atoms with E-state index in [9.17, 15) is 18.0 Å². The van der Waals surface area contributed by atoms with Gasteiger partial charge in [0.2, 0.25) is 5.91 Å². The van der Waals surface area contributed by atoms with Crippen LogP contribution in [-0.2, 0) is 14.8 Å². The van der Waals surface area contributed by atoms with Gasteiger partial charge in [0.05, 0.1) is 5.56 Å². The van der Waals surface area contributed by atoms with E-state index in [1.54, 1.807) is 12.1 Å². The van der Waals surface area contributed by atoms with E-state index in [0.717, 1.165) is 32.1 Å². The Morgan fingerprint density at radius 2 is 1.81 bits per heavy atom. The van der Waals surface area contributed by atoms with Crippen molar-refractivity contribution >= 4 is 21.8 Å². The van der Waals surface area contributed by atoms with E-state index < -0.39 is 28.4 Å². The maximum Gasteiger partial charge on any atom is 0.269 e. The number of hydrogen-bond acceptors (Lipinski definition) is 4. The van der Waals surface area contributed by atoms with Gasteiger partial charge >= 0.3 is 0 Å². The molecule has 0 unspecified atom stereocenters. The summed E-state index contributed by atoms with van der Waals surface area (Å²) in [6, 6.07) is 6.11. The maximum atomic E-state index is 12.5. The smallest absolute Gasteiger partial charge is 0.269 e. The molecule has 1 aromatic carbocycles. The van der Waals surface area contributed by atoms with Crippen LogP contribution in [0, 0.1) is 11.3 Å². The van der Waals surface area contributed by atoms with Crippen LogP contribution in [0.1, 0.15) is 63.2 Å². The monoisotopic (exact) mass is 392 g/mol. The van der Waals surface area contributed by atoms with Crippen LogP contribution >= 0.6 is 0 Å². The average molecular weight is 393 g/mol. The zero-order valence-electron chi connectivity index (χ0n) is 16.2. The van der Waals surface area contributed by atoms with Crippen LogP contribution in [0.25, 0.3) is 0 Å². The number of fused-ring (bicyclic) bond motifs is 1. The Kier molecular flexibility index (Phi) is 5.34. The van der Waals surface area contributed by atoms with Crippen LogP contribution in [0.3, 0.4) is 0 Å². The fourth-order valence-corrected chi connectivity index (χ4v) is 5.62. The summed E-state index contributed by atoms with van der Waals surface area (Å²) >= 11 is 0. The van der Waals surface area contributed by atoms with Crippen LogP contribution in [0.4, 0.5) is 0 Å². The number of amides is 2. The van der Waals surface area contributed by atoms with E-state index >= 15 is 0 Å². The molecule has 0 saturated heterocycles. The molecular weight excluding hydrogens is 364 g/mol. The van der Waals surface area contributed by atoms with Gasteiger partial charge in [0.25, 0.3) is 15.9 Å². The maximum absolute atomic E-state index is 12.5. The molecule has 3 rings (SSSR count). The highest BCUT2D eigenvalue weighted by atomic mass is 32.2. The van der Waals surface area contributed by atoms with Gasteiger partial charge in [0.15, 0.2) is 0 Å². The van der Waals surface area contributed by atoms with Crippen LogP contribution < -0.4 is 5.32 Å². The largest absolute Gasteiger partial charge is 0.352 e. The second kappa shape index (κ2) is 7.26. The molecule has 2 aliphatic rings. The summed E-state index contributed by atoms with van der Waals surface area (Å²) in [5.41, 5.74) is 0.434. The van der Waals surface area contributed by atoms with Crippen LogP contribution in [-0.4, -0.2) is 37.1 Å². The Morgan fingerprint density at radius 1 is 1.19 bits per heavy atom. The minimum Gasteiger partial charge on any atom is -0.352 e. The Hall–Kier alpha value is -1.89. The molecule has 0 aromatic heterocycles. The Bertz CT molecular complexity index is 839. The number of nitrogens with one attached hydrogen (secondary N) is 1. The average Bonchev–Trinajstić information content (AvgIpc) is 2.83. The van der Waals surface area contributed by atoms with Crippen LogP contribution in [0.15, 0.2) is 29.2 Å². The topological polar surface area (TPSA) is 83.6 Å². The molecule has 6 nitrogen and oxygen atoms in total. The molecule has 1 aliphatic carbocycles. The van der Waals surface area contributed by atoms with Crippen molar-refractivity contribution in [2.75, 3.05) is 6.54 Å². The van der Waals surface area contributed by atoms with Gasteiger partial charge in [0, 0.05) is 6.04 Å². The number of benzene rings is 1. The van der Waals surface area contributed by atoms with Gasteiger partial charge in [-0.25, -0.2) is 12.7 Å². The lowest BCUT2D eigenvalue weighted by Gasteiger charge is -2.39. The van der Waals surface area contributed by atoms with Crippen molar-refractivity contribution in [2.45, 2.75) is 63.8 Å². The zero-order chi connectivity index (χ0) is 19.8. The number of carbonyl (C=O) groups excluding carboxylic acids is 2. The van der Waals surface area contributed by atoms with Crippen molar-refractivity contribution in [3.8, 4) is 0 Å². The van der Waals surface area contributed by atoms with Crippen molar-refractivity contribution in [1.82, 2.24) is 9.62 Å². The second-order valence-corrected chi connectivity index (χ2v) is 10.1. The lowest BCUT2D eigenvalue weighted by Crippen LogP contribution is -2.45. The summed E-state index contributed by atoms with van der Waals surface area (Å²) < 4.78 is 25.7. The Labute approximate surface area is 161 Å². The molecule has 7 heteroatoms. The molecule has 0 spiro atoms. The van der Waals surface area contributed by atoms with Gasteiger partial charge < -0.3 is 5.32 Å². The van der Waals surface area contributed by atoms with E-state index in [1.165, 1.54) is 12.1 Å². The first-order valence-electron chi connectivity index (χ1n) is 9.62. The molecule has 1 aromatic rings. The molecule has 0 bridgehead atoms. The first-order valence-corrected chi connectivity index (χ1v) is 11.1. The highest BCUT2D eigenvalue weighted by Gasteiger charge is 2.42. The normalized spacial score (nSPS) is 24.6. The predicted molar refractivity (Wildman–Crippen MR) is 103 cm³/mol. The lowest BCUT2D eigenvalue weighted by atomic mass is 9.69. The number of nitrogens with zero attached hydrogens (tertiary/aromatic N) is 1. The van der Waals surface area contributed by atoms with Crippen molar-refractivity contribution in [1.29, 1.82) is 0 Å². The van der Waals surface area contributed by atoms with Gasteiger partial charge in [-0.05, 0) is 49.1 Å². The van der Waals surface area contributed by atoms with Crippen molar-refractivity contribution < 1.29 is 18.0 Å². The summed E-state index contributed by atoms with van der Waals surface area (Å²) in [4.78, 5) is 24.8. The summed E-state index contributed by atoms with van der Waals surface area (Å²) in [6.07, 6.45) is 5.02. The summed E-state index contributed by atoms with van der Waals surface area (Å²) in [5, 5.41) is 2.92. The third-order valence-corrected chi connectivity index (χ3v) is 8.09. The third kappa shape index (κ3) is 3.74. The number of carbonyl (C=O) groups is 2. The van der Waals surface area contributed by atoms with Gasteiger partial charge in [-0.3, -0.25) is 9.59 Å². The minimum atomic E-state index is -3.94. The molecule has 148 valence electrons. The SMILES string of the molecule is CCC(C)(C)C1CCC(NC(=O)CN2C(=O)c3ccccc3S2(=O)=O)CC1. The molecule has 1 heterocycles. The molecule has 1 saturated carbocycles. The summed E-state index contributed by atoms with van der Waals surface area (Å²) in [6.45, 7) is 6.33. The first-order chi connectivity index (χ1) is 12.7. The van der Waals surface area contributed by atoms with Crippen LogP contribution in [0.5, 0.6) is 0 Å². The summed E-state index contributed by atoms with van der Waals surface area (Å²) in [5.74, 6) is -0.405. The van der Waals surface area contributed by atoms with E-state index in [2.05, 4.69) is 26.1 Å². The molecule has 27 heavy (non-hydrogen) atoms. The minimum absolute atomic E-state index is 0.0231. The van der Waals surface area contributed by atoms with Crippen molar-refractivity contribution in [2.24, 2.45) is 11.3 Å². The standard InChI is InChI=1S/C20H28N2O4S/c1-4-20(2,3)14-9-11-15(12-10-14)21-18(23)13-22-19(24)16-7-5-6-8-17(16)27(22,25)26/h5-8,14-15H,4,9-13H2,1-3H3,(H,21,23). The van der Waals surface area contributed by atoms with E-state index in [1.807, 2.05) is 0 Å². The number of sulfonamides is 1. The van der Waals surface area contributed by atoms with Crippen LogP contribution in [0.2, 0.25) is 0 Å². The fourth-order valence-electron chi connectivity index (χ4n) is 4.10. The Balaban J connectivity index is 1.59. The van der Waals surface area contributed by atoms with Gasteiger partial charge in [-0.1, -0.05) is 39.3 Å². The molecule has 2 amide bonds. The molecular formula is C20H28N2O4S.